The van der Waals surface area contributed by atoms with E-state index in [1.807, 2.05) is 36.4 Å². The van der Waals surface area contributed by atoms with Crippen molar-refractivity contribution in [3.05, 3.63) is 60.7 Å². The van der Waals surface area contributed by atoms with Gasteiger partial charge in [-0.05, 0) is 29.8 Å². The van der Waals surface area contributed by atoms with Gasteiger partial charge in [-0.15, -0.1) is 0 Å². The predicted octanol–water partition coefficient (Wildman–Crippen LogP) is 1.71. The highest BCUT2D eigenvalue weighted by Crippen LogP contribution is 2.32. The summed E-state index contributed by atoms with van der Waals surface area (Å²) in [6.07, 6.45) is 5.13. The van der Waals surface area contributed by atoms with E-state index in [0.717, 1.165) is 60.3 Å². The lowest BCUT2D eigenvalue weighted by Crippen LogP contribution is -2.49. The van der Waals surface area contributed by atoms with Crippen molar-refractivity contribution >= 4 is 11.7 Å². The smallest absolute Gasteiger partial charge is 0.234 e. The number of anilines is 1. The van der Waals surface area contributed by atoms with E-state index in [2.05, 4.69) is 30.1 Å². The zero-order valence-corrected chi connectivity index (χ0v) is 17.6. The van der Waals surface area contributed by atoms with Gasteiger partial charge in [-0.2, -0.15) is 0 Å². The maximum absolute atomic E-state index is 12.4. The van der Waals surface area contributed by atoms with Crippen LogP contribution in [0.4, 0.5) is 5.82 Å². The van der Waals surface area contributed by atoms with E-state index < -0.39 is 0 Å². The Kier molecular flexibility index (Phi) is 5.80. The molecule has 32 heavy (non-hydrogen) atoms. The van der Waals surface area contributed by atoms with Crippen LogP contribution >= 0.6 is 0 Å². The Morgan fingerprint density at radius 2 is 1.91 bits per heavy atom. The number of rotatable bonds is 6. The normalized spacial score (nSPS) is 15.6. The van der Waals surface area contributed by atoms with E-state index in [9.17, 15) is 4.79 Å². The lowest BCUT2D eigenvalue weighted by molar-refractivity contribution is -0.122. The number of fused-ring (bicyclic) bond motifs is 1. The third kappa shape index (κ3) is 4.62. The van der Waals surface area contributed by atoms with Gasteiger partial charge in [-0.1, -0.05) is 6.07 Å². The summed E-state index contributed by atoms with van der Waals surface area (Å²) in [6, 6.07) is 11.6. The monoisotopic (exact) mass is 432 g/mol. The second-order valence-electron chi connectivity index (χ2n) is 7.73. The summed E-state index contributed by atoms with van der Waals surface area (Å²) in [5, 5.41) is 2.99. The number of carbonyl (C=O) groups is 1. The van der Waals surface area contributed by atoms with E-state index in [1.54, 1.807) is 18.7 Å². The van der Waals surface area contributed by atoms with Crippen molar-refractivity contribution in [3.8, 4) is 22.8 Å². The zero-order valence-electron chi connectivity index (χ0n) is 17.6. The molecule has 2 aromatic heterocycles. The Labute approximate surface area is 186 Å². The van der Waals surface area contributed by atoms with Crippen molar-refractivity contribution in [2.45, 2.75) is 6.54 Å². The molecule has 0 atom stereocenters. The zero-order chi connectivity index (χ0) is 21.8. The number of piperazine rings is 1. The SMILES string of the molecule is O=C(CN1CCN(c2cc(-c3cccnc3)ncn2)CC1)NCc1ccc2c(c1)OCO2. The number of amides is 1. The molecule has 1 amide bonds. The summed E-state index contributed by atoms with van der Waals surface area (Å²) in [5.41, 5.74) is 2.81. The molecule has 164 valence electrons. The molecule has 5 rings (SSSR count). The maximum atomic E-state index is 12.4. The second kappa shape index (κ2) is 9.19. The van der Waals surface area contributed by atoms with Crippen LogP contribution in [-0.2, 0) is 11.3 Å². The Balaban J connectivity index is 1.11. The van der Waals surface area contributed by atoms with Gasteiger partial charge >= 0.3 is 0 Å². The summed E-state index contributed by atoms with van der Waals surface area (Å²) in [6.45, 7) is 4.29. The highest BCUT2D eigenvalue weighted by Gasteiger charge is 2.20. The van der Waals surface area contributed by atoms with Crippen LogP contribution in [0, 0.1) is 0 Å². The molecule has 4 heterocycles. The van der Waals surface area contributed by atoms with Crippen LogP contribution < -0.4 is 19.7 Å². The number of nitrogens with zero attached hydrogens (tertiary/aromatic N) is 5. The Hall–Kier alpha value is -3.72. The maximum Gasteiger partial charge on any atom is 0.234 e. The van der Waals surface area contributed by atoms with Gasteiger partial charge in [0.15, 0.2) is 11.5 Å². The first kappa shape index (κ1) is 20.2. The molecule has 1 aromatic carbocycles. The summed E-state index contributed by atoms with van der Waals surface area (Å²) < 4.78 is 10.7. The van der Waals surface area contributed by atoms with Crippen molar-refractivity contribution < 1.29 is 14.3 Å². The number of hydrogen-bond acceptors (Lipinski definition) is 8. The third-order valence-corrected chi connectivity index (χ3v) is 5.60. The van der Waals surface area contributed by atoms with Crippen molar-refractivity contribution in [2.24, 2.45) is 0 Å². The number of aromatic nitrogens is 3. The largest absolute Gasteiger partial charge is 0.454 e. The molecular formula is C23H24N6O3. The molecule has 0 bridgehead atoms. The van der Waals surface area contributed by atoms with Crippen LogP contribution in [0.25, 0.3) is 11.3 Å². The van der Waals surface area contributed by atoms with Crippen molar-refractivity contribution in [2.75, 3.05) is 44.4 Å². The van der Waals surface area contributed by atoms with E-state index in [1.165, 1.54) is 0 Å². The first-order valence-electron chi connectivity index (χ1n) is 10.6. The number of ether oxygens (including phenoxy) is 2. The fraction of sp³-hybridized carbons (Fsp3) is 0.304. The molecular weight excluding hydrogens is 408 g/mol. The molecule has 9 nitrogen and oxygen atoms in total. The molecule has 1 N–H and O–H groups in total. The first-order chi connectivity index (χ1) is 15.7. The minimum Gasteiger partial charge on any atom is -0.454 e. The average molecular weight is 432 g/mol. The Morgan fingerprint density at radius 3 is 2.75 bits per heavy atom. The van der Waals surface area contributed by atoms with Gasteiger partial charge in [-0.25, -0.2) is 9.97 Å². The van der Waals surface area contributed by atoms with E-state index >= 15 is 0 Å². The fourth-order valence-corrected chi connectivity index (χ4v) is 3.84. The summed E-state index contributed by atoms with van der Waals surface area (Å²) in [7, 11) is 0. The highest BCUT2D eigenvalue weighted by molar-refractivity contribution is 5.78. The quantitative estimate of drug-likeness (QED) is 0.629. The van der Waals surface area contributed by atoms with Crippen LogP contribution in [0.1, 0.15) is 5.56 Å². The fourth-order valence-electron chi connectivity index (χ4n) is 3.84. The molecule has 9 heteroatoms. The molecule has 1 fully saturated rings. The van der Waals surface area contributed by atoms with E-state index in [4.69, 9.17) is 9.47 Å². The number of benzene rings is 1. The van der Waals surface area contributed by atoms with E-state index in [-0.39, 0.29) is 12.7 Å². The van der Waals surface area contributed by atoms with Gasteiger partial charge < -0.3 is 19.7 Å². The number of hydrogen-bond donors (Lipinski definition) is 1. The van der Waals surface area contributed by atoms with Gasteiger partial charge in [0.1, 0.15) is 12.1 Å². The molecule has 2 aliphatic rings. The second-order valence-corrected chi connectivity index (χ2v) is 7.73. The van der Waals surface area contributed by atoms with Crippen LogP contribution in [0.15, 0.2) is 55.1 Å². The topological polar surface area (TPSA) is 92.7 Å². The summed E-state index contributed by atoms with van der Waals surface area (Å²) in [5.74, 6) is 2.38. The minimum absolute atomic E-state index is 0.0111. The van der Waals surface area contributed by atoms with Crippen LogP contribution in [0.5, 0.6) is 11.5 Å². The molecule has 0 saturated carbocycles. The third-order valence-electron chi connectivity index (χ3n) is 5.60. The molecule has 0 aliphatic carbocycles. The van der Waals surface area contributed by atoms with Crippen molar-refractivity contribution in [1.82, 2.24) is 25.2 Å². The number of carbonyl (C=O) groups excluding carboxylic acids is 1. The lowest BCUT2D eigenvalue weighted by atomic mass is 10.2. The molecule has 1 saturated heterocycles. The Morgan fingerprint density at radius 1 is 1.03 bits per heavy atom. The molecule has 2 aliphatic heterocycles. The molecule has 0 spiro atoms. The van der Waals surface area contributed by atoms with Crippen LogP contribution in [0.3, 0.4) is 0 Å². The summed E-state index contributed by atoms with van der Waals surface area (Å²) in [4.78, 5) is 29.8. The minimum atomic E-state index is 0.0111. The standard InChI is InChI=1S/C23H24N6O3/c30-23(25-12-17-3-4-20-21(10-17)32-16-31-20)14-28-6-8-29(9-7-28)22-11-19(26-15-27-22)18-2-1-5-24-13-18/h1-5,10-11,13,15H,6-9,12,14,16H2,(H,25,30). The van der Waals surface area contributed by atoms with Gasteiger partial charge in [0.05, 0.1) is 12.2 Å². The van der Waals surface area contributed by atoms with Gasteiger partial charge in [-0.3, -0.25) is 14.7 Å². The lowest BCUT2D eigenvalue weighted by Gasteiger charge is -2.35. The van der Waals surface area contributed by atoms with Gasteiger partial charge in [0.2, 0.25) is 12.7 Å². The number of pyridine rings is 1. The van der Waals surface area contributed by atoms with Crippen molar-refractivity contribution in [1.29, 1.82) is 0 Å². The highest BCUT2D eigenvalue weighted by atomic mass is 16.7. The van der Waals surface area contributed by atoms with Gasteiger partial charge in [0.25, 0.3) is 0 Å². The van der Waals surface area contributed by atoms with Crippen molar-refractivity contribution in [3.63, 3.8) is 0 Å². The Bertz CT molecular complexity index is 1090. The van der Waals surface area contributed by atoms with E-state index in [0.29, 0.717) is 13.1 Å². The van der Waals surface area contributed by atoms with Crippen LogP contribution in [-0.4, -0.2) is 65.3 Å². The summed E-state index contributed by atoms with van der Waals surface area (Å²) >= 11 is 0. The molecule has 0 radical (unpaired) electrons. The average Bonchev–Trinajstić information content (AvgIpc) is 3.32. The van der Waals surface area contributed by atoms with Crippen LogP contribution in [0.2, 0.25) is 0 Å². The first-order valence-corrected chi connectivity index (χ1v) is 10.6. The van der Waals surface area contributed by atoms with Gasteiger partial charge in [0, 0.05) is 56.7 Å². The predicted molar refractivity (Wildman–Crippen MR) is 118 cm³/mol. The molecule has 0 unspecified atom stereocenters. The number of nitrogens with one attached hydrogen (secondary N) is 1. The molecule has 3 aromatic rings.